The van der Waals surface area contributed by atoms with Gasteiger partial charge in [0.15, 0.2) is 0 Å². The molecule has 0 fully saturated rings. The van der Waals surface area contributed by atoms with Crippen LogP contribution in [0.5, 0.6) is 0 Å². The van der Waals surface area contributed by atoms with Gasteiger partial charge in [-0.25, -0.2) is 24.3 Å². The molecule has 0 heterocycles. The number of hydrogen-bond acceptors (Lipinski definition) is 0. The van der Waals surface area contributed by atoms with Gasteiger partial charge in [0.25, 0.3) is 0 Å². The van der Waals surface area contributed by atoms with Crippen LogP contribution in [0.2, 0.25) is 0 Å². The molecule has 0 aromatic rings. The zero-order chi connectivity index (χ0) is 16.2. The number of halogens is 2. The molecule has 0 saturated heterocycles. The number of hydrogen-bond donors (Lipinski definition) is 0. The molecule has 2 unspecified atom stereocenters. The molecule has 0 N–H and O–H groups in total. The molecule has 0 aliphatic heterocycles. The molecule has 0 amide bonds. The summed E-state index contributed by atoms with van der Waals surface area (Å²) in [7, 11) is 0. The second-order valence-electron chi connectivity index (χ2n) is 4.74. The van der Waals surface area contributed by atoms with Crippen molar-refractivity contribution in [3.05, 3.63) is 98.2 Å². The minimum absolute atomic E-state index is 0. The van der Waals surface area contributed by atoms with E-state index in [9.17, 15) is 0 Å². The third-order valence-electron chi connectivity index (χ3n) is 3.10. The van der Waals surface area contributed by atoms with E-state index in [1.807, 2.05) is 36.5 Å². The molecular formula is C20H20Cl2Zr. The van der Waals surface area contributed by atoms with Crippen LogP contribution < -0.4 is 0 Å². The van der Waals surface area contributed by atoms with Crippen molar-refractivity contribution in [3.63, 3.8) is 0 Å². The van der Waals surface area contributed by atoms with Gasteiger partial charge in [-0.05, 0) is 0 Å². The Bertz CT molecular complexity index is 452. The second-order valence-corrected chi connectivity index (χ2v) is 5.75. The first-order valence-electron chi connectivity index (χ1n) is 7.10. The maximum Gasteiger partial charge on any atom is 2.00 e. The molecule has 0 spiro atoms. The fourth-order valence-electron chi connectivity index (χ4n) is 1.92. The van der Waals surface area contributed by atoms with Crippen molar-refractivity contribution in [1.29, 1.82) is 0 Å². The van der Waals surface area contributed by atoms with Gasteiger partial charge in [-0.3, -0.25) is 13.2 Å². The molecule has 2 aliphatic rings. The van der Waals surface area contributed by atoms with Crippen molar-refractivity contribution in [2.75, 3.05) is 0 Å². The molecule has 118 valence electrons. The standard InChI is InChI=1S/2C10H10Cl.Zr/c2*1-2-3-8-10(11)9-6-4-5-7-9;/h2*1-10H;/q2*-1;+2. The Morgan fingerprint density at radius 3 is 1.26 bits per heavy atom. The zero-order valence-corrected chi connectivity index (χ0v) is 16.8. The topological polar surface area (TPSA) is 0 Å². The van der Waals surface area contributed by atoms with Crippen LogP contribution in [-0.2, 0) is 26.2 Å². The van der Waals surface area contributed by atoms with Gasteiger partial charge in [0.1, 0.15) is 0 Å². The van der Waals surface area contributed by atoms with Gasteiger partial charge in [0, 0.05) is 22.6 Å². The van der Waals surface area contributed by atoms with Gasteiger partial charge in [-0.15, -0.1) is 35.4 Å². The van der Waals surface area contributed by atoms with Crippen molar-refractivity contribution in [2.24, 2.45) is 11.8 Å². The summed E-state index contributed by atoms with van der Waals surface area (Å²) in [5.41, 5.74) is 0. The maximum atomic E-state index is 6.00. The van der Waals surface area contributed by atoms with E-state index in [0.29, 0.717) is 11.8 Å². The molecule has 0 bridgehead atoms. The van der Waals surface area contributed by atoms with Crippen LogP contribution in [0.25, 0.3) is 0 Å². The Morgan fingerprint density at radius 2 is 1.00 bits per heavy atom. The van der Waals surface area contributed by atoms with Crippen LogP contribution in [-0.4, -0.2) is 10.8 Å². The van der Waals surface area contributed by atoms with Gasteiger partial charge in [-0.1, -0.05) is 48.6 Å². The van der Waals surface area contributed by atoms with E-state index >= 15 is 0 Å². The summed E-state index contributed by atoms with van der Waals surface area (Å²) in [6.07, 6.45) is 26.5. The Morgan fingerprint density at radius 1 is 0.696 bits per heavy atom. The number of allylic oxidation sites excluding steroid dienone is 14. The van der Waals surface area contributed by atoms with E-state index in [1.165, 1.54) is 12.2 Å². The maximum absolute atomic E-state index is 6.00. The van der Waals surface area contributed by atoms with E-state index in [2.05, 4.69) is 24.3 Å². The molecule has 0 nitrogen and oxygen atoms in total. The van der Waals surface area contributed by atoms with Gasteiger partial charge < -0.3 is 0 Å². The van der Waals surface area contributed by atoms with Gasteiger partial charge in [0.05, 0.1) is 0 Å². The van der Waals surface area contributed by atoms with Crippen LogP contribution >= 0.6 is 23.2 Å². The monoisotopic (exact) mass is 420 g/mol. The van der Waals surface area contributed by atoms with Crippen molar-refractivity contribution in [3.8, 4) is 0 Å². The summed E-state index contributed by atoms with van der Waals surface area (Å²) >= 11 is 12.0. The Kier molecular flexibility index (Phi) is 13.4. The minimum Gasteiger partial charge on any atom is -0.293 e. The quantitative estimate of drug-likeness (QED) is 0.290. The van der Waals surface area contributed by atoms with Crippen LogP contribution in [0.3, 0.4) is 0 Å². The fraction of sp³-hybridized carbons (Fsp3) is 0.200. The predicted molar refractivity (Wildman–Crippen MR) is 98.8 cm³/mol. The van der Waals surface area contributed by atoms with Crippen molar-refractivity contribution >= 4 is 23.2 Å². The van der Waals surface area contributed by atoms with Crippen molar-refractivity contribution in [1.82, 2.24) is 0 Å². The first-order chi connectivity index (χ1) is 10.7. The molecule has 2 aliphatic carbocycles. The number of rotatable bonds is 6. The third kappa shape index (κ3) is 9.31. The predicted octanol–water partition coefficient (Wildman–Crippen LogP) is 5.76. The van der Waals surface area contributed by atoms with E-state index in [0.717, 1.165) is 0 Å². The molecule has 0 aromatic heterocycles. The van der Waals surface area contributed by atoms with Crippen LogP contribution in [0.4, 0.5) is 0 Å². The third-order valence-corrected chi connectivity index (χ3v) is 3.98. The smallest absolute Gasteiger partial charge is 0.293 e. The van der Waals surface area contributed by atoms with Crippen LogP contribution in [0, 0.1) is 25.0 Å². The molecule has 2 rings (SSSR count). The molecule has 0 aromatic carbocycles. The van der Waals surface area contributed by atoms with E-state index < -0.39 is 0 Å². The first-order valence-corrected chi connectivity index (χ1v) is 7.98. The van der Waals surface area contributed by atoms with Crippen molar-refractivity contribution < 1.29 is 26.2 Å². The van der Waals surface area contributed by atoms with E-state index in [-0.39, 0.29) is 37.0 Å². The van der Waals surface area contributed by atoms with Gasteiger partial charge in [0.2, 0.25) is 0 Å². The van der Waals surface area contributed by atoms with E-state index in [4.69, 9.17) is 36.4 Å². The van der Waals surface area contributed by atoms with Crippen LogP contribution in [0.1, 0.15) is 0 Å². The van der Waals surface area contributed by atoms with Crippen molar-refractivity contribution in [2.45, 2.75) is 10.8 Å². The molecule has 0 saturated carbocycles. The summed E-state index contributed by atoms with van der Waals surface area (Å²) < 4.78 is 0. The first kappa shape index (κ1) is 22.4. The van der Waals surface area contributed by atoms with E-state index in [1.54, 1.807) is 12.2 Å². The summed E-state index contributed by atoms with van der Waals surface area (Å²) in [5.74, 6) is 0.653. The average molecular weight is 423 g/mol. The summed E-state index contributed by atoms with van der Waals surface area (Å²) in [6, 6.07) is 0. The summed E-state index contributed by atoms with van der Waals surface area (Å²) in [4.78, 5) is 0. The normalized spacial score (nSPS) is 18.9. The molecule has 23 heavy (non-hydrogen) atoms. The average Bonchev–Trinajstić information content (AvgIpc) is 3.23. The SMILES string of the molecule is [CH-]=CC=CC(Cl)C1C=CC=C1.[CH-]=CC=CC(Cl)C1C=CC=C1.[Zr+2]. The van der Waals surface area contributed by atoms with Gasteiger partial charge >= 0.3 is 26.2 Å². The molecule has 0 radical (unpaired) electrons. The largest absolute Gasteiger partial charge is 2.00 e. The Labute approximate surface area is 169 Å². The zero-order valence-electron chi connectivity index (χ0n) is 12.8. The van der Waals surface area contributed by atoms with Crippen LogP contribution in [0.15, 0.2) is 85.1 Å². The molecular weight excluding hydrogens is 402 g/mol. The molecule has 3 heteroatoms. The fourth-order valence-corrected chi connectivity index (χ4v) is 2.42. The summed E-state index contributed by atoms with van der Waals surface area (Å²) in [5, 5.41) is 0.0367. The van der Waals surface area contributed by atoms with Gasteiger partial charge in [-0.2, -0.15) is 0 Å². The molecule has 2 atom stereocenters. The minimum atomic E-state index is 0. The Hall–Kier alpha value is -0.617. The second kappa shape index (κ2) is 13.8. The number of alkyl halides is 2. The Balaban J connectivity index is 0.000000403. The summed E-state index contributed by atoms with van der Waals surface area (Å²) in [6.45, 7) is 10.3.